The lowest BCUT2D eigenvalue weighted by Gasteiger charge is -2.19. The maximum absolute atomic E-state index is 12.4. The summed E-state index contributed by atoms with van der Waals surface area (Å²) in [4.78, 5) is 23.5. The summed E-state index contributed by atoms with van der Waals surface area (Å²) >= 11 is 0. The van der Waals surface area contributed by atoms with E-state index in [1.165, 1.54) is 18.1 Å². The van der Waals surface area contributed by atoms with Crippen molar-refractivity contribution in [1.82, 2.24) is 10.6 Å². The first-order chi connectivity index (χ1) is 12.0. The Morgan fingerprint density at radius 3 is 2.72 bits per heavy atom. The van der Waals surface area contributed by atoms with Crippen LogP contribution in [0, 0.1) is 0 Å². The van der Waals surface area contributed by atoms with Crippen LogP contribution in [0.25, 0.3) is 0 Å². The number of amides is 3. The quantitative estimate of drug-likeness (QED) is 0.796. The second kappa shape index (κ2) is 7.38. The van der Waals surface area contributed by atoms with Gasteiger partial charge in [-0.3, -0.25) is 4.79 Å². The van der Waals surface area contributed by atoms with Crippen LogP contribution in [0.2, 0.25) is 0 Å². The second-order valence-electron chi connectivity index (χ2n) is 6.44. The third-order valence-corrected chi connectivity index (χ3v) is 4.49. The van der Waals surface area contributed by atoms with Gasteiger partial charge in [0.25, 0.3) is 0 Å². The predicted molar refractivity (Wildman–Crippen MR) is 98.3 cm³/mol. The molecule has 0 bridgehead atoms. The lowest BCUT2D eigenvalue weighted by atomic mass is 10.1. The van der Waals surface area contributed by atoms with E-state index in [4.69, 9.17) is 0 Å². The highest BCUT2D eigenvalue weighted by Gasteiger charge is 2.23. The van der Waals surface area contributed by atoms with E-state index in [0.717, 1.165) is 24.1 Å². The maximum atomic E-state index is 12.4. The van der Waals surface area contributed by atoms with Crippen LogP contribution >= 0.6 is 0 Å². The fourth-order valence-corrected chi connectivity index (χ4v) is 3.28. The van der Waals surface area contributed by atoms with Crippen molar-refractivity contribution in [2.24, 2.45) is 0 Å². The van der Waals surface area contributed by atoms with Crippen molar-refractivity contribution in [2.45, 2.75) is 38.8 Å². The van der Waals surface area contributed by atoms with Gasteiger partial charge in [-0.25, -0.2) is 4.79 Å². The molecule has 0 aromatic heterocycles. The van der Waals surface area contributed by atoms with Crippen LogP contribution in [-0.4, -0.2) is 11.9 Å². The molecule has 25 heavy (non-hydrogen) atoms. The molecule has 2 unspecified atom stereocenters. The Labute approximate surface area is 147 Å². The number of rotatable bonds is 4. The zero-order chi connectivity index (χ0) is 17.8. The van der Waals surface area contributed by atoms with E-state index >= 15 is 0 Å². The summed E-state index contributed by atoms with van der Waals surface area (Å²) in [6, 6.07) is 15.4. The van der Waals surface area contributed by atoms with Crippen LogP contribution in [0.3, 0.4) is 0 Å². The van der Waals surface area contributed by atoms with E-state index in [-0.39, 0.29) is 24.0 Å². The van der Waals surface area contributed by atoms with Crippen LogP contribution in [-0.2, 0) is 11.2 Å². The molecule has 3 rings (SSSR count). The van der Waals surface area contributed by atoms with Gasteiger partial charge in [0.15, 0.2) is 0 Å². The van der Waals surface area contributed by atoms with Gasteiger partial charge in [-0.15, -0.1) is 0 Å². The van der Waals surface area contributed by atoms with Crippen LogP contribution in [0.15, 0.2) is 48.5 Å². The molecule has 0 aliphatic heterocycles. The van der Waals surface area contributed by atoms with Crippen LogP contribution in [0.1, 0.15) is 49.0 Å². The minimum absolute atomic E-state index is 0.0640. The smallest absolute Gasteiger partial charge is 0.315 e. The summed E-state index contributed by atoms with van der Waals surface area (Å²) in [6.45, 7) is 3.40. The minimum Gasteiger partial charge on any atom is -0.332 e. The topological polar surface area (TPSA) is 70.2 Å². The lowest BCUT2D eigenvalue weighted by molar-refractivity contribution is -0.114. The molecule has 0 radical (unpaired) electrons. The number of urea groups is 1. The molecule has 0 heterocycles. The monoisotopic (exact) mass is 337 g/mol. The molecule has 5 heteroatoms. The minimum atomic E-state index is -0.181. The molecule has 3 N–H and O–H groups in total. The molecule has 0 saturated heterocycles. The van der Waals surface area contributed by atoms with E-state index in [1.54, 1.807) is 0 Å². The standard InChI is InChI=1S/C20H23N3O2/c1-13(16-7-5-8-17(12-16)22-14(2)24)21-20(25)23-19-11-10-15-6-3-4-9-18(15)19/h3-9,12-13,19H,10-11H2,1-2H3,(H,22,24)(H2,21,23,25). The molecule has 2 aromatic carbocycles. The van der Waals surface area contributed by atoms with Gasteiger partial charge in [0, 0.05) is 12.6 Å². The van der Waals surface area contributed by atoms with Crippen molar-refractivity contribution in [3.05, 3.63) is 65.2 Å². The van der Waals surface area contributed by atoms with Gasteiger partial charge in [-0.05, 0) is 48.6 Å². The number of hydrogen-bond donors (Lipinski definition) is 3. The van der Waals surface area contributed by atoms with Crippen molar-refractivity contribution in [3.8, 4) is 0 Å². The normalized spacial score (nSPS) is 16.6. The first-order valence-electron chi connectivity index (χ1n) is 8.55. The first kappa shape index (κ1) is 17.0. The Kier molecular flexibility index (Phi) is 5.03. The Hall–Kier alpha value is -2.82. The highest BCUT2D eigenvalue weighted by Crippen LogP contribution is 2.30. The lowest BCUT2D eigenvalue weighted by Crippen LogP contribution is -2.38. The number of anilines is 1. The Balaban J connectivity index is 1.61. The molecule has 1 aliphatic rings. The zero-order valence-electron chi connectivity index (χ0n) is 14.5. The number of hydrogen-bond acceptors (Lipinski definition) is 2. The maximum Gasteiger partial charge on any atom is 0.315 e. The number of nitrogens with one attached hydrogen (secondary N) is 3. The van der Waals surface area contributed by atoms with Gasteiger partial charge in [-0.2, -0.15) is 0 Å². The van der Waals surface area contributed by atoms with Gasteiger partial charge >= 0.3 is 6.03 Å². The molecule has 5 nitrogen and oxygen atoms in total. The summed E-state index contributed by atoms with van der Waals surface area (Å²) in [6.07, 6.45) is 1.93. The number of fused-ring (bicyclic) bond motifs is 1. The molecule has 3 amide bonds. The van der Waals surface area contributed by atoms with E-state index < -0.39 is 0 Å². The van der Waals surface area contributed by atoms with Crippen molar-refractivity contribution in [1.29, 1.82) is 0 Å². The highest BCUT2D eigenvalue weighted by molar-refractivity contribution is 5.88. The molecule has 2 aromatic rings. The number of benzene rings is 2. The highest BCUT2D eigenvalue weighted by atomic mass is 16.2. The van der Waals surface area contributed by atoms with Gasteiger partial charge in [0.1, 0.15) is 0 Å². The Morgan fingerprint density at radius 1 is 1.12 bits per heavy atom. The molecule has 130 valence electrons. The molecule has 0 fully saturated rings. The Morgan fingerprint density at radius 2 is 1.92 bits per heavy atom. The van der Waals surface area contributed by atoms with E-state index in [0.29, 0.717) is 0 Å². The molecule has 0 saturated carbocycles. The van der Waals surface area contributed by atoms with Crippen LogP contribution in [0.4, 0.5) is 10.5 Å². The predicted octanol–water partition coefficient (Wildman–Crippen LogP) is 3.69. The summed E-state index contributed by atoms with van der Waals surface area (Å²) in [7, 11) is 0. The molecule has 2 atom stereocenters. The van der Waals surface area contributed by atoms with Crippen molar-refractivity contribution < 1.29 is 9.59 Å². The number of carbonyl (C=O) groups excluding carboxylic acids is 2. The average molecular weight is 337 g/mol. The van der Waals surface area contributed by atoms with Crippen LogP contribution < -0.4 is 16.0 Å². The van der Waals surface area contributed by atoms with Gasteiger partial charge in [0.2, 0.25) is 5.91 Å². The Bertz CT molecular complexity index is 788. The first-order valence-corrected chi connectivity index (χ1v) is 8.55. The SMILES string of the molecule is CC(=O)Nc1cccc(C(C)NC(=O)NC2CCc3ccccc32)c1. The third-order valence-electron chi connectivity index (χ3n) is 4.49. The fourth-order valence-electron chi connectivity index (χ4n) is 3.28. The summed E-state index contributed by atoms with van der Waals surface area (Å²) in [5.74, 6) is -0.115. The third kappa shape index (κ3) is 4.18. The van der Waals surface area contributed by atoms with Crippen molar-refractivity contribution in [2.75, 3.05) is 5.32 Å². The fraction of sp³-hybridized carbons (Fsp3) is 0.300. The van der Waals surface area contributed by atoms with E-state index in [9.17, 15) is 9.59 Å². The van der Waals surface area contributed by atoms with Crippen molar-refractivity contribution >= 4 is 17.6 Å². The van der Waals surface area contributed by atoms with Gasteiger partial charge in [-0.1, -0.05) is 36.4 Å². The number of carbonyl (C=O) groups is 2. The summed E-state index contributed by atoms with van der Waals surface area (Å²) in [5, 5.41) is 8.79. The van der Waals surface area contributed by atoms with E-state index in [1.807, 2.05) is 43.3 Å². The summed E-state index contributed by atoms with van der Waals surface area (Å²) < 4.78 is 0. The average Bonchev–Trinajstić information content (AvgIpc) is 2.97. The largest absolute Gasteiger partial charge is 0.332 e. The van der Waals surface area contributed by atoms with Gasteiger partial charge < -0.3 is 16.0 Å². The second-order valence-corrected chi connectivity index (χ2v) is 6.44. The molecular formula is C20H23N3O2. The van der Waals surface area contributed by atoms with Crippen LogP contribution in [0.5, 0.6) is 0 Å². The molecule has 1 aliphatic carbocycles. The summed E-state index contributed by atoms with van der Waals surface area (Å²) in [5.41, 5.74) is 4.18. The zero-order valence-corrected chi connectivity index (χ0v) is 14.5. The van der Waals surface area contributed by atoms with E-state index in [2.05, 4.69) is 28.1 Å². The number of aryl methyl sites for hydroxylation is 1. The molecular weight excluding hydrogens is 314 g/mol. The van der Waals surface area contributed by atoms with Gasteiger partial charge in [0.05, 0.1) is 12.1 Å². The van der Waals surface area contributed by atoms with Crippen molar-refractivity contribution in [3.63, 3.8) is 0 Å². The molecule has 0 spiro atoms.